The standard InChI is InChI=1S/C33H52N2O5S/c1-6-8-9-10-11-12-13-14-15-16-17-18-19-20-21-22-28(36)34-30-29(31(37)39-7-2)26-23-24-35(25-27(26)41-30)32(38)40-33(3,4)5/h11-12,14-15H,6-10,13,16-25H2,1-5H3,(H,34,36)/b12-11-,15-14-. The van der Waals surface area contributed by atoms with Crippen LogP contribution in [0.25, 0.3) is 0 Å². The minimum Gasteiger partial charge on any atom is -0.462 e. The van der Waals surface area contributed by atoms with Crippen molar-refractivity contribution < 1.29 is 23.9 Å². The Kier molecular flexibility index (Phi) is 15.8. The Balaban J connectivity index is 1.76. The van der Waals surface area contributed by atoms with Crippen LogP contribution in [0.1, 0.15) is 132 Å². The normalized spacial score (nSPS) is 13.5. The van der Waals surface area contributed by atoms with Crippen LogP contribution in [0.3, 0.4) is 0 Å². The number of allylic oxidation sites excluding steroid dienone is 4. The number of nitrogens with one attached hydrogen (secondary N) is 1. The molecule has 0 radical (unpaired) electrons. The van der Waals surface area contributed by atoms with Gasteiger partial charge < -0.3 is 19.7 Å². The number of amides is 2. The first-order valence-corrected chi connectivity index (χ1v) is 16.4. The summed E-state index contributed by atoms with van der Waals surface area (Å²) in [6.07, 6.45) is 22.1. The van der Waals surface area contributed by atoms with Crippen molar-refractivity contribution in [2.45, 2.75) is 130 Å². The van der Waals surface area contributed by atoms with Crippen LogP contribution < -0.4 is 5.32 Å². The Labute approximate surface area is 251 Å². The lowest BCUT2D eigenvalue weighted by atomic mass is 10.0. The molecule has 1 aliphatic heterocycles. The summed E-state index contributed by atoms with van der Waals surface area (Å²) in [5, 5.41) is 3.49. The lowest BCUT2D eigenvalue weighted by molar-refractivity contribution is -0.116. The van der Waals surface area contributed by atoms with Gasteiger partial charge in [-0.1, -0.05) is 63.3 Å². The van der Waals surface area contributed by atoms with E-state index in [1.165, 1.54) is 43.4 Å². The Morgan fingerprint density at radius 1 is 0.927 bits per heavy atom. The van der Waals surface area contributed by atoms with E-state index in [0.29, 0.717) is 36.5 Å². The number of hydrogen-bond acceptors (Lipinski definition) is 6. The molecule has 0 atom stereocenters. The first-order valence-electron chi connectivity index (χ1n) is 15.6. The van der Waals surface area contributed by atoms with E-state index in [-0.39, 0.29) is 18.6 Å². The maximum absolute atomic E-state index is 12.8. The van der Waals surface area contributed by atoms with Crippen molar-refractivity contribution in [1.82, 2.24) is 4.90 Å². The van der Waals surface area contributed by atoms with Gasteiger partial charge in [0.1, 0.15) is 10.6 Å². The summed E-state index contributed by atoms with van der Waals surface area (Å²) >= 11 is 1.35. The van der Waals surface area contributed by atoms with E-state index in [2.05, 4.69) is 36.5 Å². The summed E-state index contributed by atoms with van der Waals surface area (Å²) in [5.41, 5.74) is 0.716. The molecule has 230 valence electrons. The molecule has 2 rings (SSSR count). The third kappa shape index (κ3) is 13.3. The molecule has 1 N–H and O–H groups in total. The molecule has 8 heteroatoms. The van der Waals surface area contributed by atoms with Crippen molar-refractivity contribution in [3.05, 3.63) is 40.3 Å². The van der Waals surface area contributed by atoms with Crippen molar-refractivity contribution in [2.75, 3.05) is 18.5 Å². The molecule has 0 saturated carbocycles. The molecule has 0 bridgehead atoms. The predicted molar refractivity (Wildman–Crippen MR) is 169 cm³/mol. The van der Waals surface area contributed by atoms with Crippen molar-refractivity contribution in [3.63, 3.8) is 0 Å². The van der Waals surface area contributed by atoms with Gasteiger partial charge in [-0.3, -0.25) is 4.79 Å². The molecule has 0 unspecified atom stereocenters. The molecule has 1 aliphatic rings. The number of carbonyl (C=O) groups is 3. The zero-order valence-corrected chi connectivity index (χ0v) is 26.8. The average molecular weight is 589 g/mol. The summed E-state index contributed by atoms with van der Waals surface area (Å²) in [4.78, 5) is 40.7. The first-order chi connectivity index (χ1) is 19.7. The largest absolute Gasteiger partial charge is 0.462 e. The van der Waals surface area contributed by atoms with Gasteiger partial charge in [-0.2, -0.15) is 0 Å². The number of hydrogen-bond donors (Lipinski definition) is 1. The lowest BCUT2D eigenvalue weighted by Gasteiger charge is -2.30. The van der Waals surface area contributed by atoms with Crippen LogP contribution in [0.4, 0.5) is 9.80 Å². The highest BCUT2D eigenvalue weighted by atomic mass is 32.1. The van der Waals surface area contributed by atoms with Gasteiger partial charge in [0.2, 0.25) is 5.91 Å². The number of thiophene rings is 1. The van der Waals surface area contributed by atoms with Gasteiger partial charge >= 0.3 is 12.1 Å². The van der Waals surface area contributed by atoms with Crippen LogP contribution in [0, 0.1) is 0 Å². The number of fused-ring (bicyclic) bond motifs is 1. The third-order valence-electron chi connectivity index (χ3n) is 6.80. The molecule has 0 fully saturated rings. The van der Waals surface area contributed by atoms with Crippen LogP contribution in [0.15, 0.2) is 24.3 Å². The summed E-state index contributed by atoms with van der Waals surface area (Å²) in [6, 6.07) is 0. The Morgan fingerprint density at radius 2 is 1.59 bits per heavy atom. The maximum Gasteiger partial charge on any atom is 0.410 e. The molecule has 0 saturated heterocycles. The number of anilines is 1. The Morgan fingerprint density at radius 3 is 2.24 bits per heavy atom. The van der Waals surface area contributed by atoms with Gasteiger partial charge in [-0.05, 0) is 78.2 Å². The number of esters is 1. The fourth-order valence-electron chi connectivity index (χ4n) is 4.68. The zero-order chi connectivity index (χ0) is 30.1. The predicted octanol–water partition coefficient (Wildman–Crippen LogP) is 8.97. The maximum atomic E-state index is 12.8. The van der Waals surface area contributed by atoms with Crippen molar-refractivity contribution in [2.24, 2.45) is 0 Å². The average Bonchev–Trinajstić information content (AvgIpc) is 3.27. The van der Waals surface area contributed by atoms with Gasteiger partial charge in [-0.15, -0.1) is 11.3 Å². The second-order valence-electron chi connectivity index (χ2n) is 11.6. The van der Waals surface area contributed by atoms with E-state index < -0.39 is 11.6 Å². The SMILES string of the molecule is CCCCC/C=C\C/C=C\CCCCCCCC(=O)Nc1sc2c(c1C(=O)OCC)CCN(C(=O)OC(C)(C)C)C2. The number of unbranched alkanes of at least 4 members (excludes halogenated alkanes) is 8. The Bertz CT molecular complexity index is 1020. The van der Waals surface area contributed by atoms with Gasteiger partial charge in [0.15, 0.2) is 0 Å². The van der Waals surface area contributed by atoms with Crippen molar-refractivity contribution in [1.29, 1.82) is 0 Å². The minimum atomic E-state index is -0.580. The smallest absolute Gasteiger partial charge is 0.410 e. The van der Waals surface area contributed by atoms with Gasteiger partial charge in [-0.25, -0.2) is 9.59 Å². The summed E-state index contributed by atoms with van der Waals surface area (Å²) in [5.74, 6) is -0.521. The van der Waals surface area contributed by atoms with E-state index in [9.17, 15) is 14.4 Å². The fourth-order valence-corrected chi connectivity index (χ4v) is 5.95. The highest BCUT2D eigenvalue weighted by Gasteiger charge is 2.32. The van der Waals surface area contributed by atoms with E-state index in [0.717, 1.165) is 49.0 Å². The lowest BCUT2D eigenvalue weighted by Crippen LogP contribution is -2.39. The van der Waals surface area contributed by atoms with Crippen LogP contribution >= 0.6 is 11.3 Å². The van der Waals surface area contributed by atoms with Crippen molar-refractivity contribution >= 4 is 34.3 Å². The molecule has 0 aromatic carbocycles. The van der Waals surface area contributed by atoms with E-state index in [4.69, 9.17) is 9.47 Å². The van der Waals surface area contributed by atoms with Gasteiger partial charge in [0, 0.05) is 17.8 Å². The zero-order valence-electron chi connectivity index (χ0n) is 26.0. The first kappa shape index (κ1) is 34.6. The van der Waals surface area contributed by atoms with Crippen LogP contribution in [0.5, 0.6) is 0 Å². The second-order valence-corrected chi connectivity index (χ2v) is 12.7. The molecule has 1 aromatic heterocycles. The monoisotopic (exact) mass is 588 g/mol. The molecule has 41 heavy (non-hydrogen) atoms. The van der Waals surface area contributed by atoms with Gasteiger partial charge in [0.05, 0.1) is 18.7 Å². The molecule has 2 amide bonds. The molecule has 2 heterocycles. The number of ether oxygens (including phenoxy) is 2. The highest BCUT2D eigenvalue weighted by molar-refractivity contribution is 7.17. The quantitative estimate of drug-likeness (QED) is 0.112. The van der Waals surface area contributed by atoms with E-state index >= 15 is 0 Å². The number of rotatable bonds is 17. The Hall–Kier alpha value is -2.61. The van der Waals surface area contributed by atoms with Crippen LogP contribution in [-0.4, -0.2) is 41.6 Å². The van der Waals surface area contributed by atoms with Gasteiger partial charge in [0.25, 0.3) is 0 Å². The van der Waals surface area contributed by atoms with Crippen LogP contribution in [0.2, 0.25) is 0 Å². The topological polar surface area (TPSA) is 84.9 Å². The molecule has 0 aliphatic carbocycles. The number of carbonyl (C=O) groups excluding carboxylic acids is 3. The van der Waals surface area contributed by atoms with E-state index in [1.54, 1.807) is 11.8 Å². The third-order valence-corrected chi connectivity index (χ3v) is 7.93. The highest BCUT2D eigenvalue weighted by Crippen LogP contribution is 2.38. The summed E-state index contributed by atoms with van der Waals surface area (Å²) in [6.45, 7) is 10.6. The minimum absolute atomic E-state index is 0.0937. The molecule has 1 aromatic rings. The van der Waals surface area contributed by atoms with Crippen LogP contribution in [-0.2, 0) is 27.2 Å². The molecular weight excluding hydrogens is 536 g/mol. The molecular formula is C33H52N2O5S. The number of nitrogens with zero attached hydrogens (tertiary/aromatic N) is 1. The second kappa shape index (κ2) is 18.7. The summed E-state index contributed by atoms with van der Waals surface area (Å²) in [7, 11) is 0. The van der Waals surface area contributed by atoms with E-state index in [1.807, 2.05) is 20.8 Å². The molecule has 0 spiro atoms. The summed E-state index contributed by atoms with van der Waals surface area (Å²) < 4.78 is 10.8. The fraction of sp³-hybridized carbons (Fsp3) is 0.667. The molecule has 7 nitrogen and oxygen atoms in total. The van der Waals surface area contributed by atoms with Crippen molar-refractivity contribution in [3.8, 4) is 0 Å².